The van der Waals surface area contributed by atoms with Gasteiger partial charge in [-0.05, 0) is 20.3 Å². The summed E-state index contributed by atoms with van der Waals surface area (Å²) in [5, 5.41) is 12.3. The molecule has 4 heteroatoms. The minimum Gasteiger partial charge on any atom is -0.392 e. The summed E-state index contributed by atoms with van der Waals surface area (Å²) in [6, 6.07) is -0.221. The van der Waals surface area contributed by atoms with Crippen LogP contribution < -0.4 is 5.32 Å². The second-order valence-corrected chi connectivity index (χ2v) is 3.54. The van der Waals surface area contributed by atoms with Gasteiger partial charge in [0.2, 0.25) is 5.91 Å². The van der Waals surface area contributed by atoms with Gasteiger partial charge < -0.3 is 15.3 Å². The van der Waals surface area contributed by atoms with E-state index >= 15 is 0 Å². The van der Waals surface area contributed by atoms with Gasteiger partial charge in [0.25, 0.3) is 0 Å². The Labute approximate surface area is 86.3 Å². The highest BCUT2D eigenvalue weighted by Crippen LogP contribution is 1.93. The van der Waals surface area contributed by atoms with Crippen molar-refractivity contribution in [3.05, 3.63) is 0 Å². The van der Waals surface area contributed by atoms with E-state index in [9.17, 15) is 9.90 Å². The van der Waals surface area contributed by atoms with Gasteiger partial charge in [-0.3, -0.25) is 4.79 Å². The molecule has 0 aliphatic carbocycles. The van der Waals surface area contributed by atoms with E-state index in [4.69, 9.17) is 0 Å². The van der Waals surface area contributed by atoms with Crippen LogP contribution in [0.4, 0.5) is 0 Å². The minimum atomic E-state index is -0.364. The number of likely N-dealkylation sites (N-methyl/N-ethyl adjacent to an activating group) is 1. The summed E-state index contributed by atoms with van der Waals surface area (Å²) in [7, 11) is 1.77. The molecule has 0 aliphatic heterocycles. The quantitative estimate of drug-likeness (QED) is 0.647. The average Bonchev–Trinajstić information content (AvgIpc) is 2.22. The van der Waals surface area contributed by atoms with Gasteiger partial charge in [-0.1, -0.05) is 6.92 Å². The largest absolute Gasteiger partial charge is 0.392 e. The first-order valence-corrected chi connectivity index (χ1v) is 5.19. The molecule has 0 saturated heterocycles. The molecule has 0 heterocycles. The Hall–Kier alpha value is -0.610. The second kappa shape index (κ2) is 6.79. The first-order chi connectivity index (χ1) is 6.52. The molecule has 14 heavy (non-hydrogen) atoms. The highest BCUT2D eigenvalue weighted by Gasteiger charge is 2.16. The summed E-state index contributed by atoms with van der Waals surface area (Å²) < 4.78 is 0. The van der Waals surface area contributed by atoms with Crippen molar-refractivity contribution < 1.29 is 9.90 Å². The van der Waals surface area contributed by atoms with Crippen LogP contribution >= 0.6 is 0 Å². The molecule has 0 spiro atoms. The van der Waals surface area contributed by atoms with E-state index in [2.05, 4.69) is 5.32 Å². The van der Waals surface area contributed by atoms with Gasteiger partial charge in [-0.2, -0.15) is 0 Å². The van der Waals surface area contributed by atoms with E-state index in [1.165, 1.54) is 0 Å². The molecule has 2 unspecified atom stereocenters. The number of aliphatic hydroxyl groups excluding tert-OH is 1. The molecule has 0 aromatic carbocycles. The predicted octanol–water partition coefficient (Wildman–Crippen LogP) is 0.214. The van der Waals surface area contributed by atoms with Crippen LogP contribution in [-0.2, 0) is 4.79 Å². The van der Waals surface area contributed by atoms with Crippen LogP contribution in [0, 0.1) is 0 Å². The third-order valence-corrected chi connectivity index (χ3v) is 2.35. The van der Waals surface area contributed by atoms with Gasteiger partial charge in [0.05, 0.1) is 12.1 Å². The van der Waals surface area contributed by atoms with E-state index in [-0.39, 0.29) is 18.1 Å². The molecule has 2 N–H and O–H groups in total. The van der Waals surface area contributed by atoms with Crippen LogP contribution in [0.15, 0.2) is 0 Å². The summed E-state index contributed by atoms with van der Waals surface area (Å²) in [5.41, 5.74) is 0. The Morgan fingerprint density at radius 1 is 1.50 bits per heavy atom. The van der Waals surface area contributed by atoms with Crippen molar-refractivity contribution in [1.82, 2.24) is 10.2 Å². The van der Waals surface area contributed by atoms with Crippen LogP contribution in [-0.4, -0.2) is 48.2 Å². The second-order valence-electron chi connectivity index (χ2n) is 3.54. The zero-order chi connectivity index (χ0) is 11.1. The van der Waals surface area contributed by atoms with Crippen LogP contribution in [0.5, 0.6) is 0 Å². The number of carbonyl (C=O) groups excluding carboxylic acids is 1. The molecule has 2 atom stereocenters. The Bertz CT molecular complexity index is 174. The van der Waals surface area contributed by atoms with Crippen LogP contribution in [0.3, 0.4) is 0 Å². The number of aliphatic hydroxyl groups is 1. The number of rotatable bonds is 6. The first-order valence-electron chi connectivity index (χ1n) is 5.19. The SMILES string of the molecule is CCC(O)CNC(C)C(=O)N(C)CC. The Morgan fingerprint density at radius 3 is 2.50 bits per heavy atom. The monoisotopic (exact) mass is 202 g/mol. The van der Waals surface area contributed by atoms with Crippen molar-refractivity contribution >= 4 is 5.91 Å². The fourth-order valence-electron chi connectivity index (χ4n) is 1.03. The van der Waals surface area contributed by atoms with E-state index in [0.29, 0.717) is 19.5 Å². The van der Waals surface area contributed by atoms with Crippen LogP contribution in [0.25, 0.3) is 0 Å². The molecule has 0 aliphatic rings. The average molecular weight is 202 g/mol. The Kier molecular flexibility index (Phi) is 6.49. The third kappa shape index (κ3) is 4.58. The highest BCUT2D eigenvalue weighted by atomic mass is 16.3. The van der Waals surface area contributed by atoms with Crippen molar-refractivity contribution in [3.8, 4) is 0 Å². The third-order valence-electron chi connectivity index (χ3n) is 2.35. The van der Waals surface area contributed by atoms with Gasteiger partial charge in [0.15, 0.2) is 0 Å². The van der Waals surface area contributed by atoms with Gasteiger partial charge >= 0.3 is 0 Å². The molecule has 0 rings (SSSR count). The molecule has 0 aromatic rings. The molecule has 0 radical (unpaired) electrons. The van der Waals surface area contributed by atoms with Gasteiger partial charge in [0, 0.05) is 20.1 Å². The summed E-state index contributed by atoms with van der Waals surface area (Å²) in [5.74, 6) is 0.0656. The number of hydrogen-bond donors (Lipinski definition) is 2. The molecule has 4 nitrogen and oxygen atoms in total. The molecule has 0 fully saturated rings. The summed E-state index contributed by atoms with van der Waals surface area (Å²) >= 11 is 0. The zero-order valence-electron chi connectivity index (χ0n) is 9.58. The number of carbonyl (C=O) groups is 1. The highest BCUT2D eigenvalue weighted by molar-refractivity contribution is 5.81. The topological polar surface area (TPSA) is 52.6 Å². The molecular formula is C10H22N2O2. The van der Waals surface area contributed by atoms with Crippen molar-refractivity contribution in [2.45, 2.75) is 39.3 Å². The predicted molar refractivity (Wildman–Crippen MR) is 57.1 cm³/mol. The Morgan fingerprint density at radius 2 is 2.07 bits per heavy atom. The fraction of sp³-hybridized carbons (Fsp3) is 0.900. The lowest BCUT2D eigenvalue weighted by atomic mass is 10.2. The lowest BCUT2D eigenvalue weighted by Gasteiger charge is -2.21. The minimum absolute atomic E-state index is 0.0656. The van der Waals surface area contributed by atoms with Gasteiger partial charge in [-0.25, -0.2) is 0 Å². The fourth-order valence-corrected chi connectivity index (χ4v) is 1.03. The van der Waals surface area contributed by atoms with Crippen molar-refractivity contribution in [3.63, 3.8) is 0 Å². The van der Waals surface area contributed by atoms with Crippen LogP contribution in [0.1, 0.15) is 27.2 Å². The molecular weight excluding hydrogens is 180 g/mol. The molecule has 84 valence electrons. The lowest BCUT2D eigenvalue weighted by molar-refractivity contribution is -0.131. The number of amides is 1. The number of hydrogen-bond acceptors (Lipinski definition) is 3. The molecule has 0 saturated carbocycles. The standard InChI is InChI=1S/C10H22N2O2/c1-5-9(13)7-11-8(3)10(14)12(4)6-2/h8-9,11,13H,5-7H2,1-4H3. The zero-order valence-corrected chi connectivity index (χ0v) is 9.58. The maximum atomic E-state index is 11.6. The van der Waals surface area contributed by atoms with E-state index in [0.717, 1.165) is 0 Å². The van der Waals surface area contributed by atoms with Gasteiger partial charge in [0.1, 0.15) is 0 Å². The maximum Gasteiger partial charge on any atom is 0.239 e. The van der Waals surface area contributed by atoms with Crippen molar-refractivity contribution in [2.24, 2.45) is 0 Å². The summed E-state index contributed by atoms with van der Waals surface area (Å²) in [6.45, 7) is 6.85. The first kappa shape index (κ1) is 13.4. The molecule has 0 bridgehead atoms. The number of nitrogens with zero attached hydrogens (tertiary/aromatic N) is 1. The number of nitrogens with one attached hydrogen (secondary N) is 1. The van der Waals surface area contributed by atoms with E-state index in [1.54, 1.807) is 11.9 Å². The van der Waals surface area contributed by atoms with E-state index < -0.39 is 0 Å². The van der Waals surface area contributed by atoms with E-state index in [1.807, 2.05) is 20.8 Å². The Balaban J connectivity index is 3.84. The smallest absolute Gasteiger partial charge is 0.239 e. The molecule has 0 aromatic heterocycles. The van der Waals surface area contributed by atoms with Crippen LogP contribution in [0.2, 0.25) is 0 Å². The molecule has 1 amide bonds. The van der Waals surface area contributed by atoms with Gasteiger partial charge in [-0.15, -0.1) is 0 Å². The summed E-state index contributed by atoms with van der Waals surface area (Å²) in [6.07, 6.45) is 0.342. The maximum absolute atomic E-state index is 11.6. The lowest BCUT2D eigenvalue weighted by Crippen LogP contribution is -2.45. The van der Waals surface area contributed by atoms with Crippen molar-refractivity contribution in [2.75, 3.05) is 20.1 Å². The normalized spacial score (nSPS) is 14.9. The summed E-state index contributed by atoms with van der Waals surface area (Å²) in [4.78, 5) is 13.2. The van der Waals surface area contributed by atoms with Crippen molar-refractivity contribution in [1.29, 1.82) is 0 Å².